The number of hydrogen-bond acceptors (Lipinski definition) is 4. The van der Waals surface area contributed by atoms with Crippen LogP contribution in [-0.4, -0.2) is 16.8 Å². The van der Waals surface area contributed by atoms with Gasteiger partial charge in [0.2, 0.25) is 5.91 Å². The van der Waals surface area contributed by atoms with Gasteiger partial charge in [-0.15, -0.1) is 0 Å². The molecule has 3 rings (SSSR count). The Morgan fingerprint density at radius 3 is 2.46 bits per heavy atom. The van der Waals surface area contributed by atoms with E-state index in [1.807, 2.05) is 24.3 Å². The molecule has 0 bridgehead atoms. The predicted octanol–water partition coefficient (Wildman–Crippen LogP) is 4.37. The number of carbonyl (C=O) groups is 2. The van der Waals surface area contributed by atoms with E-state index in [0.717, 1.165) is 11.3 Å². The molecule has 0 aliphatic carbocycles. The number of halogens is 1. The van der Waals surface area contributed by atoms with Crippen LogP contribution in [0.2, 0.25) is 5.02 Å². The maximum absolute atomic E-state index is 12.4. The smallest absolute Gasteiger partial charge is 0.253 e. The highest BCUT2D eigenvalue weighted by atomic mass is 35.5. The minimum absolute atomic E-state index is 0.141. The molecule has 3 aromatic rings. The van der Waals surface area contributed by atoms with Crippen LogP contribution in [0.4, 0.5) is 17.1 Å². The lowest BCUT2D eigenvalue weighted by Crippen LogP contribution is -2.23. The van der Waals surface area contributed by atoms with Gasteiger partial charge in [-0.1, -0.05) is 29.8 Å². The van der Waals surface area contributed by atoms with Crippen molar-refractivity contribution in [3.05, 3.63) is 83.1 Å². The van der Waals surface area contributed by atoms with Crippen LogP contribution in [0.25, 0.3) is 0 Å². The molecule has 0 fully saturated rings. The number of aromatic nitrogens is 1. The normalized spacial score (nSPS) is 10.2. The van der Waals surface area contributed by atoms with Gasteiger partial charge in [0.15, 0.2) is 0 Å². The minimum atomic E-state index is -0.224. The van der Waals surface area contributed by atoms with Gasteiger partial charge in [0.05, 0.1) is 17.4 Å². The second-order valence-corrected chi connectivity index (χ2v) is 6.59. The molecule has 0 saturated heterocycles. The molecular weight excluding hydrogens is 376 g/mol. The highest BCUT2D eigenvalue weighted by Crippen LogP contribution is 2.20. The molecule has 28 heavy (non-hydrogen) atoms. The first-order valence-corrected chi connectivity index (χ1v) is 9.00. The van der Waals surface area contributed by atoms with E-state index in [9.17, 15) is 9.59 Å². The third-order valence-corrected chi connectivity index (χ3v) is 4.09. The zero-order valence-corrected chi connectivity index (χ0v) is 16.0. The molecule has 0 unspecified atom stereocenters. The van der Waals surface area contributed by atoms with Crippen LogP contribution in [0.5, 0.6) is 0 Å². The standard InChI is InChI=1S/C21H19ClN4O2/c1-14(27)25-18-3-2-4-19(10-18)26-20-9-16(12-23-13-20)21(28)24-11-15-5-7-17(22)8-6-15/h2-10,12-13,26H,11H2,1H3,(H,24,28)(H,25,27). The van der Waals surface area contributed by atoms with E-state index in [1.54, 1.807) is 36.5 Å². The second-order valence-electron chi connectivity index (χ2n) is 6.16. The minimum Gasteiger partial charge on any atom is -0.354 e. The molecule has 1 heterocycles. The lowest BCUT2D eigenvalue weighted by atomic mass is 10.2. The molecule has 3 N–H and O–H groups in total. The van der Waals surface area contributed by atoms with Gasteiger partial charge in [-0.05, 0) is 42.0 Å². The van der Waals surface area contributed by atoms with Crippen molar-refractivity contribution in [3.63, 3.8) is 0 Å². The first-order valence-electron chi connectivity index (χ1n) is 8.62. The molecule has 0 aliphatic rings. The average molecular weight is 395 g/mol. The summed E-state index contributed by atoms with van der Waals surface area (Å²) in [5.41, 5.74) is 3.51. The number of amides is 2. The molecule has 7 heteroatoms. The van der Waals surface area contributed by atoms with Gasteiger partial charge in [-0.2, -0.15) is 0 Å². The van der Waals surface area contributed by atoms with Gasteiger partial charge in [0.25, 0.3) is 5.91 Å². The van der Waals surface area contributed by atoms with Crippen LogP contribution in [-0.2, 0) is 11.3 Å². The molecule has 0 spiro atoms. The molecule has 2 amide bonds. The molecule has 0 atom stereocenters. The topological polar surface area (TPSA) is 83.1 Å². The van der Waals surface area contributed by atoms with Crippen molar-refractivity contribution in [3.8, 4) is 0 Å². The van der Waals surface area contributed by atoms with Crippen LogP contribution in [0, 0.1) is 0 Å². The third-order valence-electron chi connectivity index (χ3n) is 3.84. The fourth-order valence-electron chi connectivity index (χ4n) is 2.56. The Balaban J connectivity index is 1.65. The summed E-state index contributed by atoms with van der Waals surface area (Å²) in [6.07, 6.45) is 3.14. The van der Waals surface area contributed by atoms with E-state index in [2.05, 4.69) is 20.9 Å². The van der Waals surface area contributed by atoms with Gasteiger partial charge in [-0.25, -0.2) is 0 Å². The number of nitrogens with one attached hydrogen (secondary N) is 3. The lowest BCUT2D eigenvalue weighted by molar-refractivity contribution is -0.114. The van der Waals surface area contributed by atoms with E-state index in [1.165, 1.54) is 13.1 Å². The van der Waals surface area contributed by atoms with Gasteiger partial charge >= 0.3 is 0 Å². The summed E-state index contributed by atoms with van der Waals surface area (Å²) in [5.74, 6) is -0.365. The fraction of sp³-hybridized carbons (Fsp3) is 0.0952. The van der Waals surface area contributed by atoms with Crippen molar-refractivity contribution in [2.75, 3.05) is 10.6 Å². The van der Waals surface area contributed by atoms with Crippen molar-refractivity contribution in [1.82, 2.24) is 10.3 Å². The van der Waals surface area contributed by atoms with Gasteiger partial charge in [0, 0.05) is 36.1 Å². The molecule has 0 radical (unpaired) electrons. The number of benzene rings is 2. The Bertz CT molecular complexity index is 990. The number of pyridine rings is 1. The highest BCUT2D eigenvalue weighted by molar-refractivity contribution is 6.30. The summed E-state index contributed by atoms with van der Waals surface area (Å²) >= 11 is 5.87. The largest absolute Gasteiger partial charge is 0.354 e. The molecule has 142 valence electrons. The van der Waals surface area contributed by atoms with E-state index in [4.69, 9.17) is 11.6 Å². The van der Waals surface area contributed by atoms with Crippen LogP contribution >= 0.6 is 11.6 Å². The van der Waals surface area contributed by atoms with E-state index < -0.39 is 0 Å². The quantitative estimate of drug-likeness (QED) is 0.579. The number of hydrogen-bond donors (Lipinski definition) is 3. The van der Waals surface area contributed by atoms with Gasteiger partial charge < -0.3 is 16.0 Å². The monoisotopic (exact) mass is 394 g/mol. The Morgan fingerprint density at radius 2 is 1.71 bits per heavy atom. The predicted molar refractivity (Wildman–Crippen MR) is 111 cm³/mol. The first kappa shape index (κ1) is 19.4. The van der Waals surface area contributed by atoms with Gasteiger partial charge in [0.1, 0.15) is 0 Å². The molecular formula is C21H19ClN4O2. The summed E-state index contributed by atoms with van der Waals surface area (Å²) in [6, 6.07) is 16.3. The van der Waals surface area contributed by atoms with Gasteiger partial charge in [-0.3, -0.25) is 14.6 Å². The third kappa shape index (κ3) is 5.56. The van der Waals surface area contributed by atoms with Crippen molar-refractivity contribution < 1.29 is 9.59 Å². The van der Waals surface area contributed by atoms with Crippen LogP contribution in [0.15, 0.2) is 67.0 Å². The van der Waals surface area contributed by atoms with E-state index in [-0.39, 0.29) is 11.8 Å². The summed E-state index contributed by atoms with van der Waals surface area (Å²) < 4.78 is 0. The molecule has 0 saturated carbocycles. The number of carbonyl (C=O) groups excluding carboxylic acids is 2. The molecule has 2 aromatic carbocycles. The zero-order valence-electron chi connectivity index (χ0n) is 15.2. The molecule has 6 nitrogen and oxygen atoms in total. The van der Waals surface area contributed by atoms with Crippen LogP contribution in [0.3, 0.4) is 0 Å². The van der Waals surface area contributed by atoms with Crippen LogP contribution < -0.4 is 16.0 Å². The first-order chi connectivity index (χ1) is 13.5. The van der Waals surface area contributed by atoms with Crippen molar-refractivity contribution >= 4 is 40.5 Å². The fourth-order valence-corrected chi connectivity index (χ4v) is 2.69. The lowest BCUT2D eigenvalue weighted by Gasteiger charge is -2.10. The second kappa shape index (κ2) is 9.01. The maximum Gasteiger partial charge on any atom is 0.253 e. The summed E-state index contributed by atoms with van der Waals surface area (Å²) in [7, 11) is 0. The van der Waals surface area contributed by atoms with Crippen molar-refractivity contribution in [2.24, 2.45) is 0 Å². The maximum atomic E-state index is 12.4. The number of nitrogens with zero attached hydrogens (tertiary/aromatic N) is 1. The Hall–Kier alpha value is -3.38. The van der Waals surface area contributed by atoms with Crippen LogP contribution in [0.1, 0.15) is 22.8 Å². The Morgan fingerprint density at radius 1 is 0.964 bits per heavy atom. The van der Waals surface area contributed by atoms with Crippen molar-refractivity contribution in [1.29, 1.82) is 0 Å². The highest BCUT2D eigenvalue weighted by Gasteiger charge is 2.08. The average Bonchev–Trinajstić information content (AvgIpc) is 2.67. The summed E-state index contributed by atoms with van der Waals surface area (Å²) in [6.45, 7) is 1.85. The Kier molecular flexibility index (Phi) is 6.24. The number of rotatable bonds is 6. The molecule has 0 aliphatic heterocycles. The zero-order chi connectivity index (χ0) is 19.9. The Labute approximate surface area is 168 Å². The van der Waals surface area contributed by atoms with E-state index in [0.29, 0.717) is 28.5 Å². The molecule has 1 aromatic heterocycles. The summed E-state index contributed by atoms with van der Waals surface area (Å²) in [4.78, 5) is 27.7. The summed E-state index contributed by atoms with van der Waals surface area (Å²) in [5, 5.41) is 9.43. The van der Waals surface area contributed by atoms with Crippen molar-refractivity contribution in [2.45, 2.75) is 13.5 Å². The number of anilines is 3. The SMILES string of the molecule is CC(=O)Nc1cccc(Nc2cncc(C(=O)NCc3ccc(Cl)cc3)c2)c1. The van der Waals surface area contributed by atoms with E-state index >= 15 is 0 Å².